The Balaban J connectivity index is 1.54. The second-order valence-corrected chi connectivity index (χ2v) is 5.61. The van der Waals surface area contributed by atoms with Crippen LogP contribution in [-0.2, 0) is 18.3 Å². The van der Waals surface area contributed by atoms with Gasteiger partial charge in [-0.25, -0.2) is 0 Å². The van der Waals surface area contributed by atoms with E-state index in [1.165, 1.54) is 0 Å². The van der Waals surface area contributed by atoms with Crippen LogP contribution in [0.3, 0.4) is 0 Å². The number of hydrogen-bond acceptors (Lipinski definition) is 2. The van der Waals surface area contributed by atoms with Crippen molar-refractivity contribution in [3.05, 3.63) is 48.0 Å². The van der Waals surface area contributed by atoms with Gasteiger partial charge in [0, 0.05) is 57.5 Å². The summed E-state index contributed by atoms with van der Waals surface area (Å²) in [5, 5.41) is 0. The molecule has 116 valence electrons. The molecule has 1 N–H and O–H groups in total. The van der Waals surface area contributed by atoms with Gasteiger partial charge in [-0.15, -0.1) is 0 Å². The van der Waals surface area contributed by atoms with Crippen molar-refractivity contribution >= 4 is 11.8 Å². The molecule has 0 bridgehead atoms. The van der Waals surface area contributed by atoms with E-state index in [4.69, 9.17) is 0 Å². The minimum Gasteiger partial charge on any atom is -0.365 e. The van der Waals surface area contributed by atoms with Gasteiger partial charge in [0.25, 0.3) is 5.91 Å². The van der Waals surface area contributed by atoms with Crippen molar-refractivity contribution in [2.24, 2.45) is 7.05 Å². The topological polar surface area (TPSA) is 61.3 Å². The fourth-order valence-corrected chi connectivity index (χ4v) is 2.72. The van der Waals surface area contributed by atoms with Crippen LogP contribution in [0.2, 0.25) is 0 Å². The lowest BCUT2D eigenvalue weighted by molar-refractivity contribution is -0.132. The molecule has 1 aliphatic heterocycles. The smallest absolute Gasteiger partial charge is 0.255 e. The lowest BCUT2D eigenvalue weighted by Gasteiger charge is -2.34. The standard InChI is InChI=1S/C16H20N4O2/c1-18-6-4-13(12-18)16(22)20-9-7-19(8-10-20)15(21)11-14-3-2-5-17-14/h2-6,12,17H,7-11H2,1H3. The van der Waals surface area contributed by atoms with Crippen LogP contribution in [-0.4, -0.2) is 57.3 Å². The van der Waals surface area contributed by atoms with Gasteiger partial charge in [0.05, 0.1) is 12.0 Å². The van der Waals surface area contributed by atoms with E-state index in [9.17, 15) is 9.59 Å². The van der Waals surface area contributed by atoms with Crippen LogP contribution in [0.1, 0.15) is 16.1 Å². The lowest BCUT2D eigenvalue weighted by atomic mass is 10.2. The van der Waals surface area contributed by atoms with E-state index in [0.29, 0.717) is 38.2 Å². The van der Waals surface area contributed by atoms with Gasteiger partial charge in [0.1, 0.15) is 0 Å². The summed E-state index contributed by atoms with van der Waals surface area (Å²) in [7, 11) is 1.90. The van der Waals surface area contributed by atoms with E-state index in [-0.39, 0.29) is 11.8 Å². The average molecular weight is 300 g/mol. The number of nitrogens with one attached hydrogen (secondary N) is 1. The summed E-state index contributed by atoms with van der Waals surface area (Å²) in [6.45, 7) is 2.37. The molecule has 1 aliphatic rings. The summed E-state index contributed by atoms with van der Waals surface area (Å²) < 4.78 is 1.86. The lowest BCUT2D eigenvalue weighted by Crippen LogP contribution is -2.51. The molecule has 22 heavy (non-hydrogen) atoms. The number of aromatic amines is 1. The Morgan fingerprint density at radius 3 is 2.45 bits per heavy atom. The molecule has 6 heteroatoms. The minimum absolute atomic E-state index is 0.0390. The SMILES string of the molecule is Cn1ccc(C(=O)N2CCN(C(=O)Cc3ccc[nH]3)CC2)c1. The van der Waals surface area contributed by atoms with Gasteiger partial charge >= 0.3 is 0 Å². The van der Waals surface area contributed by atoms with E-state index < -0.39 is 0 Å². The summed E-state index contributed by atoms with van der Waals surface area (Å²) in [5.41, 5.74) is 1.63. The first-order valence-electron chi connectivity index (χ1n) is 7.45. The van der Waals surface area contributed by atoms with E-state index in [2.05, 4.69) is 4.98 Å². The van der Waals surface area contributed by atoms with Crippen molar-refractivity contribution in [3.63, 3.8) is 0 Å². The fraction of sp³-hybridized carbons (Fsp3) is 0.375. The molecule has 0 aliphatic carbocycles. The first-order valence-corrected chi connectivity index (χ1v) is 7.45. The third-order valence-corrected chi connectivity index (χ3v) is 4.00. The maximum Gasteiger partial charge on any atom is 0.255 e. The van der Waals surface area contributed by atoms with Crippen LogP contribution in [0.4, 0.5) is 0 Å². The predicted molar refractivity (Wildman–Crippen MR) is 82.4 cm³/mol. The van der Waals surface area contributed by atoms with E-state index in [0.717, 1.165) is 5.69 Å². The number of rotatable bonds is 3. The number of piperazine rings is 1. The minimum atomic E-state index is 0.0390. The van der Waals surface area contributed by atoms with Crippen LogP contribution < -0.4 is 0 Å². The number of aryl methyl sites for hydroxylation is 1. The average Bonchev–Trinajstić information content (AvgIpc) is 3.18. The monoisotopic (exact) mass is 300 g/mol. The summed E-state index contributed by atoms with van der Waals surface area (Å²) in [6, 6.07) is 5.62. The fourth-order valence-electron chi connectivity index (χ4n) is 2.72. The summed E-state index contributed by atoms with van der Waals surface area (Å²) in [6.07, 6.45) is 5.90. The normalized spacial score (nSPS) is 15.1. The molecule has 0 atom stereocenters. The van der Waals surface area contributed by atoms with Gasteiger partial charge in [-0.1, -0.05) is 0 Å². The first kappa shape index (κ1) is 14.4. The number of nitrogens with zero attached hydrogens (tertiary/aromatic N) is 3. The van der Waals surface area contributed by atoms with Gasteiger partial charge in [0.15, 0.2) is 0 Å². The first-order chi connectivity index (χ1) is 10.6. The Morgan fingerprint density at radius 2 is 1.86 bits per heavy atom. The number of carbonyl (C=O) groups excluding carboxylic acids is 2. The molecule has 3 rings (SSSR count). The Morgan fingerprint density at radius 1 is 1.14 bits per heavy atom. The molecule has 1 fully saturated rings. The Bertz CT molecular complexity index is 652. The van der Waals surface area contributed by atoms with Gasteiger partial charge < -0.3 is 19.4 Å². The second kappa shape index (κ2) is 6.09. The van der Waals surface area contributed by atoms with Crippen LogP contribution in [0.15, 0.2) is 36.8 Å². The van der Waals surface area contributed by atoms with Crippen molar-refractivity contribution in [3.8, 4) is 0 Å². The zero-order chi connectivity index (χ0) is 15.5. The molecule has 1 saturated heterocycles. The zero-order valence-electron chi connectivity index (χ0n) is 12.7. The molecule has 0 unspecified atom stereocenters. The number of H-pyrrole nitrogens is 1. The number of hydrogen-bond donors (Lipinski definition) is 1. The Hall–Kier alpha value is -2.50. The highest BCUT2D eigenvalue weighted by molar-refractivity contribution is 5.94. The van der Waals surface area contributed by atoms with Gasteiger partial charge in [-0.05, 0) is 18.2 Å². The third kappa shape index (κ3) is 3.05. The van der Waals surface area contributed by atoms with Gasteiger partial charge in [0.2, 0.25) is 5.91 Å². The molecule has 0 radical (unpaired) electrons. The number of aromatic nitrogens is 2. The highest BCUT2D eigenvalue weighted by Gasteiger charge is 2.25. The maximum atomic E-state index is 12.4. The van der Waals surface area contributed by atoms with Crippen molar-refractivity contribution in [1.29, 1.82) is 0 Å². The molecule has 6 nitrogen and oxygen atoms in total. The van der Waals surface area contributed by atoms with Gasteiger partial charge in [-0.2, -0.15) is 0 Å². The van der Waals surface area contributed by atoms with Crippen molar-refractivity contribution in [1.82, 2.24) is 19.4 Å². The quantitative estimate of drug-likeness (QED) is 0.915. The molecular weight excluding hydrogens is 280 g/mol. The van der Waals surface area contributed by atoms with Crippen LogP contribution in [0, 0.1) is 0 Å². The molecular formula is C16H20N4O2. The molecule has 0 saturated carbocycles. The second-order valence-electron chi connectivity index (χ2n) is 5.61. The van der Waals surface area contributed by atoms with Crippen molar-refractivity contribution < 1.29 is 9.59 Å². The Labute approximate surface area is 129 Å². The largest absolute Gasteiger partial charge is 0.365 e. The number of carbonyl (C=O) groups is 2. The van der Waals surface area contributed by atoms with Crippen molar-refractivity contribution in [2.45, 2.75) is 6.42 Å². The molecule has 2 amide bonds. The Kier molecular flexibility index (Phi) is 4.00. The van der Waals surface area contributed by atoms with Crippen LogP contribution >= 0.6 is 0 Å². The van der Waals surface area contributed by atoms with Gasteiger partial charge in [-0.3, -0.25) is 9.59 Å². The zero-order valence-corrected chi connectivity index (χ0v) is 12.7. The van der Waals surface area contributed by atoms with Crippen molar-refractivity contribution in [2.75, 3.05) is 26.2 Å². The number of amides is 2. The molecule has 3 heterocycles. The third-order valence-electron chi connectivity index (χ3n) is 4.00. The van der Waals surface area contributed by atoms with Crippen LogP contribution in [0.25, 0.3) is 0 Å². The predicted octanol–water partition coefficient (Wildman–Crippen LogP) is 0.880. The highest BCUT2D eigenvalue weighted by Crippen LogP contribution is 2.10. The molecule has 0 spiro atoms. The highest BCUT2D eigenvalue weighted by atomic mass is 16.2. The summed E-state index contributed by atoms with van der Waals surface area (Å²) in [5.74, 6) is 0.145. The van der Waals surface area contributed by atoms with Crippen LogP contribution in [0.5, 0.6) is 0 Å². The summed E-state index contributed by atoms with van der Waals surface area (Å²) in [4.78, 5) is 31.3. The molecule has 2 aromatic heterocycles. The maximum absolute atomic E-state index is 12.4. The summed E-state index contributed by atoms with van der Waals surface area (Å²) >= 11 is 0. The van der Waals surface area contributed by atoms with E-state index in [1.54, 1.807) is 0 Å². The van der Waals surface area contributed by atoms with E-state index in [1.807, 2.05) is 58.2 Å². The molecule has 0 aromatic carbocycles. The van der Waals surface area contributed by atoms with E-state index >= 15 is 0 Å². The molecule has 2 aromatic rings.